The Hall–Kier alpha value is -2.04. The number of nitrogens with two attached hydrogens (primary N) is 1. The third-order valence-corrected chi connectivity index (χ3v) is 2.33. The summed E-state index contributed by atoms with van der Waals surface area (Å²) in [6.07, 6.45) is 6.48. The molecule has 2 aromatic heterocycles. The van der Waals surface area contributed by atoms with Gasteiger partial charge in [0.15, 0.2) is 0 Å². The Kier molecular flexibility index (Phi) is 3.05. The maximum atomic E-state index is 5.71. The van der Waals surface area contributed by atoms with Crippen molar-refractivity contribution in [3.8, 4) is 0 Å². The lowest BCUT2D eigenvalue weighted by molar-refractivity contribution is 0.767. The minimum atomic E-state index is 0.536. The first-order valence-electron chi connectivity index (χ1n) is 5.17. The van der Waals surface area contributed by atoms with Gasteiger partial charge in [-0.05, 0) is 24.1 Å². The quantitative estimate of drug-likeness (QED) is 0.803. The lowest BCUT2D eigenvalue weighted by Gasteiger charge is -2.06. The smallest absolute Gasteiger partial charge is 0.146 e. The molecule has 0 fully saturated rings. The van der Waals surface area contributed by atoms with E-state index in [0.29, 0.717) is 5.82 Å². The highest BCUT2D eigenvalue weighted by Crippen LogP contribution is 2.13. The molecule has 5 nitrogen and oxygen atoms in total. The fraction of sp³-hybridized carbons (Fsp3) is 0.273. The van der Waals surface area contributed by atoms with Crippen LogP contribution in [0.25, 0.3) is 0 Å². The first kappa shape index (κ1) is 10.5. The van der Waals surface area contributed by atoms with Gasteiger partial charge in [0.05, 0.1) is 11.9 Å². The number of hydrogen-bond acceptors (Lipinski definition) is 4. The number of rotatable bonds is 4. The highest BCUT2D eigenvalue weighted by atomic mass is 15.2. The minimum Gasteiger partial charge on any atom is -0.382 e. The predicted molar refractivity (Wildman–Crippen MR) is 64.1 cm³/mol. The van der Waals surface area contributed by atoms with E-state index in [4.69, 9.17) is 5.73 Å². The van der Waals surface area contributed by atoms with Crippen LogP contribution in [0.15, 0.2) is 30.7 Å². The van der Waals surface area contributed by atoms with Gasteiger partial charge in [-0.25, -0.2) is 4.98 Å². The normalized spacial score (nSPS) is 10.3. The van der Waals surface area contributed by atoms with Crippen LogP contribution in [0, 0.1) is 0 Å². The van der Waals surface area contributed by atoms with E-state index in [1.807, 2.05) is 31.6 Å². The Morgan fingerprint density at radius 1 is 1.50 bits per heavy atom. The van der Waals surface area contributed by atoms with Crippen molar-refractivity contribution in [2.45, 2.75) is 6.42 Å². The number of hydrogen-bond donors (Lipinski definition) is 2. The summed E-state index contributed by atoms with van der Waals surface area (Å²) < 4.78 is 1.80. The monoisotopic (exact) mass is 217 g/mol. The summed E-state index contributed by atoms with van der Waals surface area (Å²) in [6, 6.07) is 3.79. The van der Waals surface area contributed by atoms with Crippen molar-refractivity contribution < 1.29 is 0 Å². The summed E-state index contributed by atoms with van der Waals surface area (Å²) in [5, 5.41) is 7.36. The molecule has 2 aromatic rings. The number of pyridine rings is 1. The SMILES string of the molecule is Cn1cc(CCNc2cccnc2N)cn1. The summed E-state index contributed by atoms with van der Waals surface area (Å²) in [5.74, 6) is 0.536. The molecular formula is C11H15N5. The lowest BCUT2D eigenvalue weighted by atomic mass is 10.2. The summed E-state index contributed by atoms with van der Waals surface area (Å²) >= 11 is 0. The summed E-state index contributed by atoms with van der Waals surface area (Å²) in [5.41, 5.74) is 7.80. The number of nitrogens with one attached hydrogen (secondary N) is 1. The first-order chi connectivity index (χ1) is 7.75. The fourth-order valence-electron chi connectivity index (χ4n) is 1.51. The topological polar surface area (TPSA) is 68.8 Å². The summed E-state index contributed by atoms with van der Waals surface area (Å²) in [4.78, 5) is 4.01. The molecule has 84 valence electrons. The summed E-state index contributed by atoms with van der Waals surface area (Å²) in [7, 11) is 1.91. The zero-order valence-corrected chi connectivity index (χ0v) is 9.22. The van der Waals surface area contributed by atoms with Gasteiger partial charge in [0.25, 0.3) is 0 Å². The van der Waals surface area contributed by atoms with Crippen LogP contribution < -0.4 is 11.1 Å². The van der Waals surface area contributed by atoms with E-state index in [0.717, 1.165) is 18.7 Å². The average Bonchev–Trinajstić information content (AvgIpc) is 2.67. The van der Waals surface area contributed by atoms with Crippen LogP contribution in [-0.4, -0.2) is 21.3 Å². The average molecular weight is 217 g/mol. The minimum absolute atomic E-state index is 0.536. The standard InChI is InChI=1S/C11H15N5/c1-16-8-9(7-15-16)4-6-13-10-3-2-5-14-11(10)12/h2-3,5,7-8,13H,4,6H2,1H3,(H2,12,14). The summed E-state index contributed by atoms with van der Waals surface area (Å²) in [6.45, 7) is 0.821. The molecule has 0 aliphatic heterocycles. The van der Waals surface area contributed by atoms with Gasteiger partial charge in [-0.15, -0.1) is 0 Å². The van der Waals surface area contributed by atoms with Crippen LogP contribution in [0.3, 0.4) is 0 Å². The Balaban J connectivity index is 1.87. The van der Waals surface area contributed by atoms with Crippen LogP contribution in [0.2, 0.25) is 0 Å². The molecule has 0 spiro atoms. The van der Waals surface area contributed by atoms with E-state index in [1.54, 1.807) is 10.9 Å². The molecule has 0 radical (unpaired) electrons. The second kappa shape index (κ2) is 4.65. The van der Waals surface area contributed by atoms with Crippen molar-refractivity contribution in [3.05, 3.63) is 36.3 Å². The van der Waals surface area contributed by atoms with E-state index in [9.17, 15) is 0 Å². The van der Waals surface area contributed by atoms with E-state index >= 15 is 0 Å². The molecule has 0 saturated heterocycles. The Bertz CT molecular complexity index is 463. The Morgan fingerprint density at radius 2 is 2.38 bits per heavy atom. The molecule has 0 bridgehead atoms. The molecule has 16 heavy (non-hydrogen) atoms. The van der Waals surface area contributed by atoms with Gasteiger partial charge < -0.3 is 11.1 Å². The van der Waals surface area contributed by atoms with Gasteiger partial charge in [0.2, 0.25) is 0 Å². The van der Waals surface area contributed by atoms with Gasteiger partial charge in [-0.2, -0.15) is 5.10 Å². The zero-order valence-electron chi connectivity index (χ0n) is 9.22. The molecule has 0 aliphatic carbocycles. The third-order valence-electron chi connectivity index (χ3n) is 2.33. The molecular weight excluding hydrogens is 202 g/mol. The second-order valence-corrected chi connectivity index (χ2v) is 3.64. The number of aryl methyl sites for hydroxylation is 1. The highest BCUT2D eigenvalue weighted by Gasteiger charge is 1.99. The lowest BCUT2D eigenvalue weighted by Crippen LogP contribution is -2.07. The van der Waals surface area contributed by atoms with Crippen LogP contribution in [0.5, 0.6) is 0 Å². The maximum absolute atomic E-state index is 5.71. The molecule has 0 atom stereocenters. The van der Waals surface area contributed by atoms with Crippen LogP contribution in [-0.2, 0) is 13.5 Å². The van der Waals surface area contributed by atoms with Crippen molar-refractivity contribution in [3.63, 3.8) is 0 Å². The molecule has 5 heteroatoms. The van der Waals surface area contributed by atoms with Gasteiger partial charge in [-0.3, -0.25) is 4.68 Å². The highest BCUT2D eigenvalue weighted by molar-refractivity contribution is 5.60. The first-order valence-corrected chi connectivity index (χ1v) is 5.17. The Morgan fingerprint density at radius 3 is 3.06 bits per heavy atom. The fourth-order valence-corrected chi connectivity index (χ4v) is 1.51. The predicted octanol–water partition coefficient (Wildman–Crippen LogP) is 1.05. The number of anilines is 2. The van der Waals surface area contributed by atoms with Crippen molar-refractivity contribution in [1.29, 1.82) is 0 Å². The molecule has 2 heterocycles. The molecule has 0 unspecified atom stereocenters. The van der Waals surface area contributed by atoms with Crippen LogP contribution >= 0.6 is 0 Å². The van der Waals surface area contributed by atoms with Crippen molar-refractivity contribution >= 4 is 11.5 Å². The Labute approximate surface area is 94.3 Å². The second-order valence-electron chi connectivity index (χ2n) is 3.64. The molecule has 0 saturated carbocycles. The van der Waals surface area contributed by atoms with Gasteiger partial charge in [-0.1, -0.05) is 0 Å². The van der Waals surface area contributed by atoms with Crippen molar-refractivity contribution in [1.82, 2.24) is 14.8 Å². The van der Waals surface area contributed by atoms with Crippen LogP contribution in [0.4, 0.5) is 11.5 Å². The van der Waals surface area contributed by atoms with E-state index < -0.39 is 0 Å². The maximum Gasteiger partial charge on any atom is 0.146 e. The number of nitrogen functional groups attached to an aromatic ring is 1. The molecule has 0 amide bonds. The van der Waals surface area contributed by atoms with Gasteiger partial charge >= 0.3 is 0 Å². The number of nitrogens with zero attached hydrogens (tertiary/aromatic N) is 3. The van der Waals surface area contributed by atoms with Gasteiger partial charge in [0.1, 0.15) is 5.82 Å². The largest absolute Gasteiger partial charge is 0.382 e. The van der Waals surface area contributed by atoms with Crippen molar-refractivity contribution in [2.24, 2.45) is 7.05 Å². The van der Waals surface area contributed by atoms with E-state index in [1.165, 1.54) is 5.56 Å². The van der Waals surface area contributed by atoms with Gasteiger partial charge in [0, 0.05) is 26.0 Å². The van der Waals surface area contributed by atoms with Crippen molar-refractivity contribution in [2.75, 3.05) is 17.6 Å². The molecule has 0 aliphatic rings. The third kappa shape index (κ3) is 2.50. The van der Waals surface area contributed by atoms with Crippen LogP contribution in [0.1, 0.15) is 5.56 Å². The molecule has 0 aromatic carbocycles. The molecule has 3 N–H and O–H groups in total. The zero-order chi connectivity index (χ0) is 11.4. The molecule has 2 rings (SSSR count). The van der Waals surface area contributed by atoms with E-state index in [-0.39, 0.29) is 0 Å². The van der Waals surface area contributed by atoms with E-state index in [2.05, 4.69) is 15.4 Å². The number of aromatic nitrogens is 3.